The van der Waals surface area contributed by atoms with Crippen molar-refractivity contribution < 1.29 is 0 Å². The highest BCUT2D eigenvalue weighted by atomic mass is 32.1. The molecule has 0 aliphatic heterocycles. The summed E-state index contributed by atoms with van der Waals surface area (Å²) in [5.74, 6) is 0. The lowest BCUT2D eigenvalue weighted by Gasteiger charge is -2.03. The van der Waals surface area contributed by atoms with Gasteiger partial charge in [0, 0.05) is 21.1 Å². The van der Waals surface area contributed by atoms with E-state index in [-0.39, 0.29) is 0 Å². The standard InChI is InChI=1S/C20H16N2S/c21-17-6-3-13(4-7-17)19-9-10-20(23-19)16-2-1-15-12-18(22)8-5-14(15)11-16/h1-12H,21-22H2. The summed E-state index contributed by atoms with van der Waals surface area (Å²) in [4.78, 5) is 2.51. The molecule has 0 radical (unpaired) electrons. The first-order valence-electron chi connectivity index (χ1n) is 7.44. The van der Waals surface area contributed by atoms with Gasteiger partial charge in [0.2, 0.25) is 0 Å². The van der Waals surface area contributed by atoms with Crippen LogP contribution >= 0.6 is 11.3 Å². The van der Waals surface area contributed by atoms with Gasteiger partial charge in [-0.1, -0.05) is 30.3 Å². The Kier molecular flexibility index (Phi) is 3.28. The third-order valence-corrected chi connectivity index (χ3v) is 5.13. The molecule has 0 spiro atoms. The summed E-state index contributed by atoms with van der Waals surface area (Å²) in [6.07, 6.45) is 0. The van der Waals surface area contributed by atoms with E-state index in [1.807, 2.05) is 24.3 Å². The molecule has 0 aliphatic carbocycles. The van der Waals surface area contributed by atoms with E-state index in [2.05, 4.69) is 48.5 Å². The van der Waals surface area contributed by atoms with Crippen LogP contribution in [0, 0.1) is 0 Å². The molecular weight excluding hydrogens is 300 g/mol. The minimum atomic E-state index is 0.791. The summed E-state index contributed by atoms with van der Waals surface area (Å²) in [5.41, 5.74) is 15.6. The summed E-state index contributed by atoms with van der Waals surface area (Å²) < 4.78 is 0. The molecule has 23 heavy (non-hydrogen) atoms. The van der Waals surface area contributed by atoms with Gasteiger partial charge in [-0.3, -0.25) is 0 Å². The zero-order valence-electron chi connectivity index (χ0n) is 12.5. The molecule has 0 atom stereocenters. The van der Waals surface area contributed by atoms with E-state index >= 15 is 0 Å². The molecule has 0 bridgehead atoms. The topological polar surface area (TPSA) is 52.0 Å². The molecular formula is C20H16N2S. The van der Waals surface area contributed by atoms with Gasteiger partial charge in [-0.25, -0.2) is 0 Å². The first-order chi connectivity index (χ1) is 11.2. The molecule has 3 heteroatoms. The Labute approximate surface area is 139 Å². The molecule has 0 fully saturated rings. The number of fused-ring (bicyclic) bond motifs is 1. The summed E-state index contributed by atoms with van der Waals surface area (Å²) in [7, 11) is 0. The number of rotatable bonds is 2. The summed E-state index contributed by atoms with van der Waals surface area (Å²) >= 11 is 1.79. The maximum absolute atomic E-state index is 5.84. The molecule has 4 rings (SSSR count). The van der Waals surface area contributed by atoms with E-state index in [1.165, 1.54) is 31.7 Å². The predicted octanol–water partition coefficient (Wildman–Crippen LogP) is 5.40. The molecule has 112 valence electrons. The maximum atomic E-state index is 5.84. The lowest BCUT2D eigenvalue weighted by molar-refractivity contribution is 1.68. The first kappa shape index (κ1) is 13.9. The number of hydrogen-bond donors (Lipinski definition) is 2. The van der Waals surface area contributed by atoms with Crippen LogP contribution in [0.4, 0.5) is 11.4 Å². The fraction of sp³-hybridized carbons (Fsp3) is 0. The van der Waals surface area contributed by atoms with E-state index in [0.717, 1.165) is 11.4 Å². The largest absolute Gasteiger partial charge is 0.399 e. The monoisotopic (exact) mass is 316 g/mol. The van der Waals surface area contributed by atoms with Gasteiger partial charge in [-0.05, 0) is 64.4 Å². The van der Waals surface area contributed by atoms with Gasteiger partial charge in [0.15, 0.2) is 0 Å². The fourth-order valence-corrected chi connectivity index (χ4v) is 3.72. The first-order valence-corrected chi connectivity index (χ1v) is 8.26. The third-order valence-electron chi connectivity index (χ3n) is 3.95. The van der Waals surface area contributed by atoms with Gasteiger partial charge < -0.3 is 11.5 Å². The van der Waals surface area contributed by atoms with Crippen molar-refractivity contribution in [1.82, 2.24) is 0 Å². The van der Waals surface area contributed by atoms with Crippen LogP contribution in [-0.2, 0) is 0 Å². The van der Waals surface area contributed by atoms with E-state index < -0.39 is 0 Å². The smallest absolute Gasteiger partial charge is 0.0349 e. The average molecular weight is 316 g/mol. The second-order valence-electron chi connectivity index (χ2n) is 5.61. The molecule has 0 aliphatic rings. The zero-order chi connectivity index (χ0) is 15.8. The number of thiophene rings is 1. The van der Waals surface area contributed by atoms with Crippen LogP contribution in [0.15, 0.2) is 72.8 Å². The number of hydrogen-bond acceptors (Lipinski definition) is 3. The molecule has 1 aromatic heterocycles. The molecule has 3 aromatic carbocycles. The quantitative estimate of drug-likeness (QED) is 0.486. The van der Waals surface area contributed by atoms with E-state index in [4.69, 9.17) is 11.5 Å². The van der Waals surface area contributed by atoms with Crippen molar-refractivity contribution in [3.8, 4) is 20.9 Å². The lowest BCUT2D eigenvalue weighted by Crippen LogP contribution is -1.83. The zero-order valence-corrected chi connectivity index (χ0v) is 13.3. The van der Waals surface area contributed by atoms with E-state index in [0.29, 0.717) is 0 Å². The van der Waals surface area contributed by atoms with Crippen LogP contribution in [0.25, 0.3) is 31.7 Å². The second kappa shape index (κ2) is 5.45. The Bertz CT molecular complexity index is 984. The van der Waals surface area contributed by atoms with Crippen molar-refractivity contribution in [1.29, 1.82) is 0 Å². The highest BCUT2D eigenvalue weighted by Gasteiger charge is 2.06. The molecule has 0 saturated heterocycles. The molecule has 0 saturated carbocycles. The van der Waals surface area contributed by atoms with Crippen LogP contribution < -0.4 is 11.5 Å². The van der Waals surface area contributed by atoms with Crippen molar-refractivity contribution in [2.45, 2.75) is 0 Å². The Morgan fingerprint density at radius 3 is 1.87 bits per heavy atom. The molecule has 4 N–H and O–H groups in total. The normalized spacial score (nSPS) is 11.0. The van der Waals surface area contributed by atoms with E-state index in [1.54, 1.807) is 11.3 Å². The predicted molar refractivity (Wildman–Crippen MR) is 102 cm³/mol. The maximum Gasteiger partial charge on any atom is 0.0349 e. The summed E-state index contributed by atoms with van der Waals surface area (Å²) in [6, 6.07) is 24.9. The molecule has 0 unspecified atom stereocenters. The van der Waals surface area contributed by atoms with Crippen molar-refractivity contribution >= 4 is 33.5 Å². The van der Waals surface area contributed by atoms with Gasteiger partial charge >= 0.3 is 0 Å². The van der Waals surface area contributed by atoms with Crippen molar-refractivity contribution in [2.24, 2.45) is 0 Å². The van der Waals surface area contributed by atoms with Crippen LogP contribution in [0.1, 0.15) is 0 Å². The van der Waals surface area contributed by atoms with E-state index in [9.17, 15) is 0 Å². The van der Waals surface area contributed by atoms with Gasteiger partial charge in [-0.2, -0.15) is 0 Å². The minimum Gasteiger partial charge on any atom is -0.399 e. The van der Waals surface area contributed by atoms with Crippen LogP contribution in [-0.4, -0.2) is 0 Å². The fourth-order valence-electron chi connectivity index (χ4n) is 2.71. The van der Waals surface area contributed by atoms with Crippen molar-refractivity contribution in [3.05, 3.63) is 72.8 Å². The molecule has 1 heterocycles. The summed E-state index contributed by atoms with van der Waals surface area (Å²) in [6.45, 7) is 0. The lowest BCUT2D eigenvalue weighted by atomic mass is 10.1. The highest BCUT2D eigenvalue weighted by molar-refractivity contribution is 7.18. The van der Waals surface area contributed by atoms with Crippen molar-refractivity contribution in [3.63, 3.8) is 0 Å². The van der Waals surface area contributed by atoms with Gasteiger partial charge in [0.05, 0.1) is 0 Å². The molecule has 0 amide bonds. The van der Waals surface area contributed by atoms with Gasteiger partial charge in [0.1, 0.15) is 0 Å². The van der Waals surface area contributed by atoms with Gasteiger partial charge in [0.25, 0.3) is 0 Å². The molecule has 2 nitrogen and oxygen atoms in total. The minimum absolute atomic E-state index is 0.791. The Morgan fingerprint density at radius 1 is 0.522 bits per heavy atom. The number of anilines is 2. The Hall–Kier alpha value is -2.78. The summed E-state index contributed by atoms with van der Waals surface area (Å²) in [5, 5.41) is 2.38. The number of nitrogen functional groups attached to an aromatic ring is 2. The number of nitrogens with two attached hydrogens (primary N) is 2. The average Bonchev–Trinajstić information content (AvgIpc) is 3.05. The third kappa shape index (κ3) is 2.67. The second-order valence-corrected chi connectivity index (χ2v) is 6.69. The highest BCUT2D eigenvalue weighted by Crippen LogP contribution is 2.35. The SMILES string of the molecule is Nc1ccc(-c2ccc(-c3ccc4cc(N)ccc4c3)s2)cc1. The van der Waals surface area contributed by atoms with Crippen molar-refractivity contribution in [2.75, 3.05) is 11.5 Å². The van der Waals surface area contributed by atoms with Crippen LogP contribution in [0.3, 0.4) is 0 Å². The number of benzene rings is 3. The van der Waals surface area contributed by atoms with Crippen LogP contribution in [0.2, 0.25) is 0 Å². The van der Waals surface area contributed by atoms with Gasteiger partial charge in [-0.15, -0.1) is 11.3 Å². The Morgan fingerprint density at radius 2 is 1.09 bits per heavy atom. The molecule has 4 aromatic rings. The van der Waals surface area contributed by atoms with Crippen LogP contribution in [0.5, 0.6) is 0 Å². The Balaban J connectivity index is 1.73.